The van der Waals surface area contributed by atoms with Gasteiger partial charge in [0.1, 0.15) is 18.5 Å². The van der Waals surface area contributed by atoms with Crippen molar-refractivity contribution in [2.45, 2.75) is 32.8 Å². The number of aryl methyl sites for hydroxylation is 2. The van der Waals surface area contributed by atoms with E-state index in [-0.39, 0.29) is 18.4 Å². The van der Waals surface area contributed by atoms with Crippen molar-refractivity contribution >= 4 is 5.91 Å². The minimum Gasteiger partial charge on any atom is -0.491 e. The molecule has 1 aromatic rings. The van der Waals surface area contributed by atoms with E-state index in [0.29, 0.717) is 6.54 Å². The summed E-state index contributed by atoms with van der Waals surface area (Å²) in [7, 11) is 3.60. The third-order valence-electron chi connectivity index (χ3n) is 4.40. The number of rotatable bonds is 6. The van der Waals surface area contributed by atoms with E-state index in [1.807, 2.05) is 26.0 Å². The van der Waals surface area contributed by atoms with Gasteiger partial charge in [0.25, 0.3) is 0 Å². The largest absolute Gasteiger partial charge is 0.491 e. The standard InChI is InChI=1S/C19H30N2O3/c1-14-8-15(2)10-18(9-14)24-13-17(22)12-21-7-5-6-16(11-21)19(23)20(3)4/h8-10,16-17,22H,5-7,11-13H2,1-4H3. The molecule has 1 heterocycles. The Kier molecular flexibility index (Phi) is 6.63. The molecule has 1 aliphatic heterocycles. The van der Waals surface area contributed by atoms with Gasteiger partial charge >= 0.3 is 0 Å². The molecular weight excluding hydrogens is 304 g/mol. The predicted octanol–water partition coefficient (Wildman–Crippen LogP) is 1.84. The first-order chi connectivity index (χ1) is 11.3. The van der Waals surface area contributed by atoms with Crippen LogP contribution in [0.25, 0.3) is 0 Å². The van der Waals surface area contributed by atoms with Gasteiger partial charge in [-0.2, -0.15) is 0 Å². The number of hydrogen-bond donors (Lipinski definition) is 1. The first kappa shape index (κ1) is 18.7. The number of hydrogen-bond acceptors (Lipinski definition) is 4. The maximum atomic E-state index is 12.1. The lowest BCUT2D eigenvalue weighted by Gasteiger charge is -2.34. The van der Waals surface area contributed by atoms with E-state index in [4.69, 9.17) is 4.74 Å². The number of carbonyl (C=O) groups excluding carboxylic acids is 1. The van der Waals surface area contributed by atoms with Crippen LogP contribution in [0.1, 0.15) is 24.0 Å². The van der Waals surface area contributed by atoms with E-state index >= 15 is 0 Å². The van der Waals surface area contributed by atoms with Gasteiger partial charge in [-0.3, -0.25) is 9.69 Å². The lowest BCUT2D eigenvalue weighted by Crippen LogP contribution is -2.46. The lowest BCUT2D eigenvalue weighted by molar-refractivity contribution is -0.135. The van der Waals surface area contributed by atoms with Gasteiger partial charge < -0.3 is 14.7 Å². The Morgan fingerprint density at radius 3 is 2.62 bits per heavy atom. The SMILES string of the molecule is Cc1cc(C)cc(OCC(O)CN2CCCC(C(=O)N(C)C)C2)c1. The van der Waals surface area contributed by atoms with Crippen LogP contribution < -0.4 is 4.74 Å². The van der Waals surface area contributed by atoms with Crippen LogP contribution in [0.3, 0.4) is 0 Å². The Bertz CT molecular complexity index is 539. The van der Waals surface area contributed by atoms with Gasteiger partial charge in [0.15, 0.2) is 0 Å². The molecule has 0 bridgehead atoms. The number of benzene rings is 1. The topological polar surface area (TPSA) is 53.0 Å². The van der Waals surface area contributed by atoms with E-state index < -0.39 is 6.10 Å². The Balaban J connectivity index is 1.81. The van der Waals surface area contributed by atoms with Crippen LogP contribution in [-0.4, -0.2) is 67.3 Å². The smallest absolute Gasteiger partial charge is 0.226 e. The van der Waals surface area contributed by atoms with Crippen molar-refractivity contribution in [1.82, 2.24) is 9.80 Å². The first-order valence-corrected chi connectivity index (χ1v) is 8.68. The van der Waals surface area contributed by atoms with E-state index in [0.717, 1.165) is 42.8 Å². The molecule has 134 valence electrons. The van der Waals surface area contributed by atoms with E-state index in [1.165, 1.54) is 0 Å². The van der Waals surface area contributed by atoms with Crippen LogP contribution in [0.2, 0.25) is 0 Å². The third kappa shape index (κ3) is 5.49. The van der Waals surface area contributed by atoms with Crippen molar-refractivity contribution in [3.63, 3.8) is 0 Å². The zero-order valence-electron chi connectivity index (χ0n) is 15.3. The van der Waals surface area contributed by atoms with Crippen LogP contribution >= 0.6 is 0 Å². The van der Waals surface area contributed by atoms with Crippen molar-refractivity contribution in [2.75, 3.05) is 40.3 Å². The summed E-state index contributed by atoms with van der Waals surface area (Å²) in [5, 5.41) is 10.3. The van der Waals surface area contributed by atoms with Crippen molar-refractivity contribution < 1.29 is 14.6 Å². The van der Waals surface area contributed by atoms with Gasteiger partial charge in [-0.1, -0.05) is 6.07 Å². The summed E-state index contributed by atoms with van der Waals surface area (Å²) >= 11 is 0. The highest BCUT2D eigenvalue weighted by Crippen LogP contribution is 2.19. The zero-order valence-corrected chi connectivity index (χ0v) is 15.3. The van der Waals surface area contributed by atoms with E-state index in [1.54, 1.807) is 19.0 Å². The second kappa shape index (κ2) is 8.49. The molecule has 24 heavy (non-hydrogen) atoms. The molecular formula is C19H30N2O3. The van der Waals surface area contributed by atoms with Gasteiger partial charge in [-0.05, 0) is 56.5 Å². The van der Waals surface area contributed by atoms with Gasteiger partial charge in [-0.15, -0.1) is 0 Å². The van der Waals surface area contributed by atoms with Gasteiger partial charge in [0.2, 0.25) is 5.91 Å². The first-order valence-electron chi connectivity index (χ1n) is 8.68. The Hall–Kier alpha value is -1.59. The van der Waals surface area contributed by atoms with Crippen molar-refractivity contribution in [3.05, 3.63) is 29.3 Å². The number of amides is 1. The van der Waals surface area contributed by atoms with E-state index in [2.05, 4.69) is 11.0 Å². The van der Waals surface area contributed by atoms with Crippen LogP contribution in [0.5, 0.6) is 5.75 Å². The maximum absolute atomic E-state index is 12.1. The predicted molar refractivity (Wildman–Crippen MR) is 95.3 cm³/mol. The number of likely N-dealkylation sites (tertiary alicyclic amines) is 1. The summed E-state index contributed by atoms with van der Waals surface area (Å²) in [5.74, 6) is 1.02. The lowest BCUT2D eigenvalue weighted by atomic mass is 9.96. The molecule has 0 aliphatic carbocycles. The molecule has 2 rings (SSSR count). The molecule has 2 unspecified atom stereocenters. The van der Waals surface area contributed by atoms with Gasteiger partial charge in [0.05, 0.1) is 5.92 Å². The molecule has 1 N–H and O–H groups in total. The summed E-state index contributed by atoms with van der Waals surface area (Å²) in [6.45, 7) is 6.53. The summed E-state index contributed by atoms with van der Waals surface area (Å²) in [6.07, 6.45) is 1.37. The number of carbonyl (C=O) groups is 1. The molecule has 5 nitrogen and oxygen atoms in total. The highest BCUT2D eigenvalue weighted by molar-refractivity contribution is 5.78. The quantitative estimate of drug-likeness (QED) is 0.862. The fourth-order valence-corrected chi connectivity index (χ4v) is 3.35. The number of nitrogens with zero attached hydrogens (tertiary/aromatic N) is 2. The minimum absolute atomic E-state index is 0.0429. The third-order valence-corrected chi connectivity index (χ3v) is 4.40. The minimum atomic E-state index is -0.556. The number of aliphatic hydroxyl groups excluding tert-OH is 1. The highest BCUT2D eigenvalue weighted by Gasteiger charge is 2.27. The van der Waals surface area contributed by atoms with Crippen LogP contribution in [0.15, 0.2) is 18.2 Å². The number of ether oxygens (including phenoxy) is 1. The molecule has 1 saturated heterocycles. The molecule has 5 heteroatoms. The van der Waals surface area contributed by atoms with E-state index in [9.17, 15) is 9.90 Å². The molecule has 0 saturated carbocycles. The highest BCUT2D eigenvalue weighted by atomic mass is 16.5. The fourth-order valence-electron chi connectivity index (χ4n) is 3.35. The summed E-state index contributed by atoms with van der Waals surface area (Å²) in [5.41, 5.74) is 2.31. The molecule has 0 aromatic heterocycles. The maximum Gasteiger partial charge on any atom is 0.226 e. The summed E-state index contributed by atoms with van der Waals surface area (Å²) < 4.78 is 5.73. The summed E-state index contributed by atoms with van der Waals surface area (Å²) in [6, 6.07) is 6.05. The Labute approximate surface area is 145 Å². The Morgan fingerprint density at radius 1 is 1.33 bits per heavy atom. The normalized spacial score (nSPS) is 19.8. The number of aliphatic hydroxyl groups is 1. The van der Waals surface area contributed by atoms with Crippen LogP contribution in [0, 0.1) is 19.8 Å². The van der Waals surface area contributed by atoms with Crippen LogP contribution in [0.4, 0.5) is 0 Å². The van der Waals surface area contributed by atoms with Crippen LogP contribution in [-0.2, 0) is 4.79 Å². The fraction of sp³-hybridized carbons (Fsp3) is 0.632. The second-order valence-corrected chi connectivity index (χ2v) is 7.12. The Morgan fingerprint density at radius 2 is 2.00 bits per heavy atom. The molecule has 0 spiro atoms. The average Bonchev–Trinajstić information content (AvgIpc) is 2.51. The number of piperidine rings is 1. The molecule has 2 atom stereocenters. The van der Waals surface area contributed by atoms with Gasteiger partial charge in [0, 0.05) is 27.2 Å². The zero-order chi connectivity index (χ0) is 17.7. The molecule has 1 aromatic carbocycles. The average molecular weight is 334 g/mol. The molecule has 0 radical (unpaired) electrons. The number of β-amino-alcohol motifs (C(OH)–C–C–N with tert-alkyl or cyclic N) is 1. The molecule has 1 fully saturated rings. The van der Waals surface area contributed by atoms with Crippen molar-refractivity contribution in [1.29, 1.82) is 0 Å². The van der Waals surface area contributed by atoms with Crippen molar-refractivity contribution in [3.8, 4) is 5.75 Å². The van der Waals surface area contributed by atoms with Gasteiger partial charge in [-0.25, -0.2) is 0 Å². The molecule has 1 aliphatic rings. The van der Waals surface area contributed by atoms with Crippen molar-refractivity contribution in [2.24, 2.45) is 5.92 Å². The molecule has 1 amide bonds. The second-order valence-electron chi connectivity index (χ2n) is 7.12. The monoisotopic (exact) mass is 334 g/mol. The summed E-state index contributed by atoms with van der Waals surface area (Å²) in [4.78, 5) is 15.9.